The fourth-order valence-electron chi connectivity index (χ4n) is 3.86. The van der Waals surface area contributed by atoms with Crippen LogP contribution in [0, 0.1) is 0 Å². The third-order valence-electron chi connectivity index (χ3n) is 5.35. The molecule has 5 heteroatoms. The van der Waals surface area contributed by atoms with E-state index in [0.29, 0.717) is 0 Å². The predicted molar refractivity (Wildman–Crippen MR) is 122 cm³/mol. The van der Waals surface area contributed by atoms with Gasteiger partial charge in [-0.1, -0.05) is 42.5 Å². The smallest absolute Gasteiger partial charge is 0.182 e. The monoisotopic (exact) mass is 403 g/mol. The number of benzene rings is 4. The normalized spacial score (nSPS) is 11.2. The van der Waals surface area contributed by atoms with Crippen LogP contribution in [-0.4, -0.2) is 9.97 Å². The molecule has 0 amide bonds. The molecule has 0 aliphatic carbocycles. The largest absolute Gasteiger partial charge is 0.443 e. The maximum Gasteiger partial charge on any atom is 0.182 e. The van der Waals surface area contributed by atoms with E-state index in [4.69, 9.17) is 8.83 Å². The second kappa shape index (κ2) is 7.15. The first-order chi connectivity index (χ1) is 15.3. The van der Waals surface area contributed by atoms with Gasteiger partial charge >= 0.3 is 0 Å². The second-order valence-corrected chi connectivity index (χ2v) is 7.33. The lowest BCUT2D eigenvalue weighted by Crippen LogP contribution is -1.91. The van der Waals surface area contributed by atoms with E-state index < -0.39 is 0 Å². The molecule has 6 rings (SSSR count). The number of nitrogens with zero attached hydrogens (tertiary/aromatic N) is 2. The number of hydrogen-bond acceptors (Lipinski definition) is 5. The van der Waals surface area contributed by atoms with Crippen LogP contribution in [0.25, 0.3) is 44.5 Å². The summed E-state index contributed by atoms with van der Waals surface area (Å²) < 4.78 is 11.1. The Kier molecular flexibility index (Phi) is 4.03. The molecule has 0 aliphatic heterocycles. The Labute approximate surface area is 178 Å². The van der Waals surface area contributed by atoms with E-state index in [1.165, 1.54) is 12.8 Å². The SMILES string of the molecule is c1cc(Nc2cccc(-c3cccc4ncoc34)c2)cc(-c2ccc3ncoc3c2)c1. The van der Waals surface area contributed by atoms with Crippen LogP contribution in [0.3, 0.4) is 0 Å². The van der Waals surface area contributed by atoms with Crippen molar-refractivity contribution in [1.82, 2.24) is 9.97 Å². The lowest BCUT2D eigenvalue weighted by atomic mass is 10.0. The van der Waals surface area contributed by atoms with Gasteiger partial charge in [0.1, 0.15) is 11.0 Å². The Bertz CT molecular complexity index is 1530. The molecule has 0 saturated heterocycles. The molecular weight excluding hydrogens is 386 g/mol. The van der Waals surface area contributed by atoms with Crippen molar-refractivity contribution < 1.29 is 8.83 Å². The quantitative estimate of drug-likeness (QED) is 0.342. The van der Waals surface area contributed by atoms with Gasteiger partial charge in [0.25, 0.3) is 0 Å². The molecule has 2 heterocycles. The van der Waals surface area contributed by atoms with E-state index >= 15 is 0 Å². The van der Waals surface area contributed by atoms with E-state index in [1.54, 1.807) is 0 Å². The van der Waals surface area contributed by atoms with Crippen molar-refractivity contribution >= 4 is 33.6 Å². The summed E-state index contributed by atoms with van der Waals surface area (Å²) in [5.74, 6) is 0. The zero-order chi connectivity index (χ0) is 20.6. The van der Waals surface area contributed by atoms with Gasteiger partial charge in [0, 0.05) is 16.9 Å². The third kappa shape index (κ3) is 3.22. The van der Waals surface area contributed by atoms with Gasteiger partial charge in [-0.25, -0.2) is 9.97 Å². The Morgan fingerprint density at radius 3 is 2.19 bits per heavy atom. The van der Waals surface area contributed by atoms with Crippen LogP contribution in [0.15, 0.2) is 107 Å². The van der Waals surface area contributed by atoms with Crippen molar-refractivity contribution in [2.45, 2.75) is 0 Å². The molecular formula is C26H17N3O2. The molecule has 4 aromatic carbocycles. The summed E-state index contributed by atoms with van der Waals surface area (Å²) in [6.07, 6.45) is 2.95. The van der Waals surface area contributed by atoms with Crippen LogP contribution in [-0.2, 0) is 0 Å². The minimum Gasteiger partial charge on any atom is -0.443 e. The summed E-state index contributed by atoms with van der Waals surface area (Å²) in [5, 5.41) is 3.52. The average molecular weight is 403 g/mol. The van der Waals surface area contributed by atoms with Gasteiger partial charge in [-0.3, -0.25) is 0 Å². The lowest BCUT2D eigenvalue weighted by molar-refractivity contribution is 0.602. The molecule has 0 fully saturated rings. The standard InChI is InChI=1S/C26H17N3O2/c1-4-17(18-10-11-23-25(14-18)30-15-27-23)12-20(6-1)29-21-7-2-5-19(13-21)22-8-3-9-24-26(22)31-16-28-24/h1-16,29H. The van der Waals surface area contributed by atoms with Gasteiger partial charge in [-0.15, -0.1) is 0 Å². The number of nitrogens with one attached hydrogen (secondary N) is 1. The first kappa shape index (κ1) is 17.5. The second-order valence-electron chi connectivity index (χ2n) is 7.33. The van der Waals surface area contributed by atoms with E-state index in [-0.39, 0.29) is 0 Å². The van der Waals surface area contributed by atoms with Crippen molar-refractivity contribution in [2.24, 2.45) is 0 Å². The summed E-state index contributed by atoms with van der Waals surface area (Å²) in [6.45, 7) is 0. The zero-order valence-electron chi connectivity index (χ0n) is 16.4. The average Bonchev–Trinajstić information content (AvgIpc) is 3.48. The molecule has 148 valence electrons. The Balaban J connectivity index is 1.33. The molecule has 0 atom stereocenters. The van der Waals surface area contributed by atoms with Crippen LogP contribution in [0.5, 0.6) is 0 Å². The van der Waals surface area contributed by atoms with Gasteiger partial charge < -0.3 is 14.2 Å². The number of fused-ring (bicyclic) bond motifs is 2. The molecule has 0 radical (unpaired) electrons. The van der Waals surface area contributed by atoms with Gasteiger partial charge in [0.2, 0.25) is 0 Å². The Hall–Kier alpha value is -4.38. The number of oxazole rings is 2. The lowest BCUT2D eigenvalue weighted by Gasteiger charge is -2.11. The Morgan fingerprint density at radius 1 is 0.581 bits per heavy atom. The highest BCUT2D eigenvalue weighted by atomic mass is 16.3. The number of hydrogen-bond donors (Lipinski definition) is 1. The molecule has 0 bridgehead atoms. The highest BCUT2D eigenvalue weighted by Gasteiger charge is 2.09. The summed E-state index contributed by atoms with van der Waals surface area (Å²) in [5.41, 5.74) is 9.57. The van der Waals surface area contributed by atoms with Crippen LogP contribution in [0.1, 0.15) is 0 Å². The van der Waals surface area contributed by atoms with Crippen molar-refractivity contribution in [1.29, 1.82) is 0 Å². The minimum absolute atomic E-state index is 0.783. The molecule has 0 spiro atoms. The van der Waals surface area contributed by atoms with Gasteiger partial charge in [0.05, 0.1) is 0 Å². The Morgan fingerprint density at radius 2 is 1.29 bits per heavy atom. The van der Waals surface area contributed by atoms with Gasteiger partial charge in [0.15, 0.2) is 24.0 Å². The fraction of sp³-hybridized carbons (Fsp3) is 0. The summed E-state index contributed by atoms with van der Waals surface area (Å²) in [4.78, 5) is 8.44. The van der Waals surface area contributed by atoms with Crippen molar-refractivity contribution in [2.75, 3.05) is 5.32 Å². The molecule has 6 aromatic rings. The minimum atomic E-state index is 0.783. The highest BCUT2D eigenvalue weighted by molar-refractivity contribution is 5.91. The third-order valence-corrected chi connectivity index (χ3v) is 5.35. The number of para-hydroxylation sites is 1. The number of rotatable bonds is 4. The van der Waals surface area contributed by atoms with E-state index in [9.17, 15) is 0 Å². The molecule has 5 nitrogen and oxygen atoms in total. The maximum atomic E-state index is 5.61. The van der Waals surface area contributed by atoms with E-state index in [2.05, 4.69) is 57.7 Å². The molecule has 2 aromatic heterocycles. The van der Waals surface area contributed by atoms with Gasteiger partial charge in [-0.05, 0) is 59.2 Å². The molecule has 0 aliphatic rings. The zero-order valence-corrected chi connectivity index (χ0v) is 16.4. The maximum absolute atomic E-state index is 5.61. The summed E-state index contributed by atoms with van der Waals surface area (Å²) in [6, 6.07) is 28.6. The predicted octanol–water partition coefficient (Wildman–Crippen LogP) is 7.05. The number of anilines is 2. The summed E-state index contributed by atoms with van der Waals surface area (Å²) in [7, 11) is 0. The van der Waals surface area contributed by atoms with Crippen LogP contribution < -0.4 is 5.32 Å². The van der Waals surface area contributed by atoms with Crippen LogP contribution in [0.2, 0.25) is 0 Å². The molecule has 0 saturated carbocycles. The van der Waals surface area contributed by atoms with Crippen LogP contribution in [0.4, 0.5) is 11.4 Å². The molecule has 31 heavy (non-hydrogen) atoms. The molecule has 1 N–H and O–H groups in total. The first-order valence-electron chi connectivity index (χ1n) is 9.97. The first-order valence-corrected chi connectivity index (χ1v) is 9.97. The number of aromatic nitrogens is 2. The highest BCUT2D eigenvalue weighted by Crippen LogP contribution is 2.31. The van der Waals surface area contributed by atoms with E-state index in [1.807, 2.05) is 42.5 Å². The molecule has 0 unspecified atom stereocenters. The fourth-order valence-corrected chi connectivity index (χ4v) is 3.86. The van der Waals surface area contributed by atoms with Gasteiger partial charge in [-0.2, -0.15) is 0 Å². The van der Waals surface area contributed by atoms with E-state index in [0.717, 1.165) is 55.8 Å². The van der Waals surface area contributed by atoms with Crippen molar-refractivity contribution in [3.63, 3.8) is 0 Å². The van der Waals surface area contributed by atoms with Crippen LogP contribution >= 0.6 is 0 Å². The van der Waals surface area contributed by atoms with Crippen molar-refractivity contribution in [3.8, 4) is 22.3 Å². The topological polar surface area (TPSA) is 64.1 Å². The summed E-state index contributed by atoms with van der Waals surface area (Å²) >= 11 is 0. The van der Waals surface area contributed by atoms with Crippen molar-refractivity contribution in [3.05, 3.63) is 97.7 Å².